The zero-order chi connectivity index (χ0) is 11.4. The van der Waals surface area contributed by atoms with Crippen LogP contribution < -0.4 is 0 Å². The number of hydrogen-bond acceptors (Lipinski definition) is 3. The van der Waals surface area contributed by atoms with Gasteiger partial charge in [0, 0.05) is 11.1 Å². The first-order chi connectivity index (χ1) is 7.75. The summed E-state index contributed by atoms with van der Waals surface area (Å²) in [5.41, 5.74) is 2.28. The van der Waals surface area contributed by atoms with E-state index in [1.807, 2.05) is 36.7 Å². The van der Waals surface area contributed by atoms with Gasteiger partial charge in [-0.05, 0) is 19.4 Å². The average molecular weight is 230 g/mol. The molecule has 0 aliphatic heterocycles. The smallest absolute Gasteiger partial charge is 0.134 e. The summed E-state index contributed by atoms with van der Waals surface area (Å²) in [6.45, 7) is 4.08. The Labute approximate surface area is 99.7 Å². The van der Waals surface area contributed by atoms with Crippen molar-refractivity contribution in [2.75, 3.05) is 0 Å². The summed E-state index contributed by atoms with van der Waals surface area (Å²) in [4.78, 5) is 8.85. The van der Waals surface area contributed by atoms with E-state index in [0.717, 1.165) is 10.7 Å². The van der Waals surface area contributed by atoms with Crippen molar-refractivity contribution in [2.24, 2.45) is 4.99 Å². The Balaban J connectivity index is 2.08. The molecule has 0 spiro atoms. The molecule has 16 heavy (non-hydrogen) atoms. The van der Waals surface area contributed by atoms with Gasteiger partial charge >= 0.3 is 0 Å². The third-order valence-electron chi connectivity index (χ3n) is 2.33. The van der Waals surface area contributed by atoms with Crippen LogP contribution in [0.4, 0.5) is 0 Å². The van der Waals surface area contributed by atoms with E-state index in [9.17, 15) is 0 Å². The van der Waals surface area contributed by atoms with Gasteiger partial charge in [0.15, 0.2) is 0 Å². The Morgan fingerprint density at radius 3 is 2.69 bits per heavy atom. The molecule has 1 aromatic carbocycles. The first kappa shape index (κ1) is 11.0. The Hall–Kier alpha value is -1.48. The molecule has 1 atom stereocenters. The first-order valence-corrected chi connectivity index (χ1v) is 6.14. The quantitative estimate of drug-likeness (QED) is 0.739. The molecule has 0 aliphatic carbocycles. The monoisotopic (exact) mass is 230 g/mol. The largest absolute Gasteiger partial charge is 0.282 e. The molecule has 0 fully saturated rings. The number of aromatic nitrogens is 1. The van der Waals surface area contributed by atoms with E-state index in [1.165, 1.54) is 5.56 Å². The van der Waals surface area contributed by atoms with E-state index in [4.69, 9.17) is 0 Å². The normalized spacial score (nSPS) is 13.1. The summed E-state index contributed by atoms with van der Waals surface area (Å²) < 4.78 is 0. The summed E-state index contributed by atoms with van der Waals surface area (Å²) in [6.07, 6.45) is 1.86. The van der Waals surface area contributed by atoms with Gasteiger partial charge in [0.25, 0.3) is 0 Å². The van der Waals surface area contributed by atoms with Crippen molar-refractivity contribution < 1.29 is 0 Å². The highest BCUT2D eigenvalue weighted by atomic mass is 32.1. The van der Waals surface area contributed by atoms with Crippen LogP contribution in [0.5, 0.6) is 0 Å². The Bertz CT molecular complexity index is 474. The summed E-state index contributed by atoms with van der Waals surface area (Å²) >= 11 is 1.63. The number of rotatable bonds is 3. The number of aryl methyl sites for hydroxylation is 1. The molecule has 0 saturated heterocycles. The molecule has 2 aromatic rings. The number of hydrogen-bond donors (Lipinski definition) is 0. The van der Waals surface area contributed by atoms with Gasteiger partial charge in [-0.3, -0.25) is 4.99 Å². The fourth-order valence-electron chi connectivity index (χ4n) is 1.42. The lowest BCUT2D eigenvalue weighted by atomic mass is 10.1. The van der Waals surface area contributed by atoms with Crippen LogP contribution in [0.3, 0.4) is 0 Å². The molecule has 1 heterocycles. The lowest BCUT2D eigenvalue weighted by Crippen LogP contribution is -1.90. The predicted molar refractivity (Wildman–Crippen MR) is 69.3 cm³/mol. The maximum atomic E-state index is 4.50. The molecular formula is C13H14N2S. The maximum absolute atomic E-state index is 4.50. The Morgan fingerprint density at radius 1 is 1.31 bits per heavy atom. The van der Waals surface area contributed by atoms with Crippen molar-refractivity contribution >= 4 is 17.6 Å². The average Bonchev–Trinajstić information content (AvgIpc) is 2.73. The minimum atomic E-state index is 0.186. The number of nitrogens with zero attached hydrogens (tertiary/aromatic N) is 2. The van der Waals surface area contributed by atoms with Crippen LogP contribution in [0.1, 0.15) is 29.2 Å². The number of benzene rings is 1. The van der Waals surface area contributed by atoms with Crippen LogP contribution in [-0.4, -0.2) is 11.2 Å². The highest BCUT2D eigenvalue weighted by Gasteiger charge is 2.01. The third-order valence-corrected chi connectivity index (χ3v) is 3.22. The van der Waals surface area contributed by atoms with E-state index >= 15 is 0 Å². The van der Waals surface area contributed by atoms with Gasteiger partial charge < -0.3 is 0 Å². The molecule has 0 amide bonds. The van der Waals surface area contributed by atoms with Crippen molar-refractivity contribution in [3.63, 3.8) is 0 Å². The second kappa shape index (κ2) is 5.03. The standard InChI is InChI=1S/C13H14N2S/c1-10-9-16-13(15-10)8-14-11(2)12-6-4-3-5-7-12/h3-9,11H,1-2H3/t11-/m0/s1. The highest BCUT2D eigenvalue weighted by molar-refractivity contribution is 7.11. The molecule has 0 saturated carbocycles. The van der Waals surface area contributed by atoms with Crippen molar-refractivity contribution in [1.29, 1.82) is 0 Å². The molecular weight excluding hydrogens is 216 g/mol. The van der Waals surface area contributed by atoms with Crippen molar-refractivity contribution in [3.05, 3.63) is 52.0 Å². The SMILES string of the molecule is Cc1csc(C=N[C@@H](C)c2ccccc2)n1. The summed E-state index contributed by atoms with van der Waals surface area (Å²) in [7, 11) is 0. The van der Waals surface area contributed by atoms with Gasteiger partial charge in [-0.1, -0.05) is 30.3 Å². The van der Waals surface area contributed by atoms with Gasteiger partial charge in [0.2, 0.25) is 0 Å². The van der Waals surface area contributed by atoms with Crippen LogP contribution >= 0.6 is 11.3 Å². The third kappa shape index (κ3) is 2.76. The van der Waals surface area contributed by atoms with Gasteiger partial charge in [0.1, 0.15) is 5.01 Å². The number of aliphatic imine (C=N–C) groups is 1. The van der Waals surface area contributed by atoms with E-state index in [2.05, 4.69) is 29.0 Å². The van der Waals surface area contributed by atoms with Crippen molar-refractivity contribution in [1.82, 2.24) is 4.98 Å². The summed E-state index contributed by atoms with van der Waals surface area (Å²) in [6, 6.07) is 10.5. The second-order valence-electron chi connectivity index (χ2n) is 3.69. The molecule has 0 aliphatic rings. The van der Waals surface area contributed by atoms with Crippen molar-refractivity contribution in [3.8, 4) is 0 Å². The van der Waals surface area contributed by atoms with E-state index in [-0.39, 0.29) is 6.04 Å². The van der Waals surface area contributed by atoms with E-state index in [1.54, 1.807) is 11.3 Å². The fraction of sp³-hybridized carbons (Fsp3) is 0.231. The molecule has 0 N–H and O–H groups in total. The predicted octanol–water partition coefficient (Wildman–Crippen LogP) is 3.63. The molecule has 0 unspecified atom stereocenters. The lowest BCUT2D eigenvalue weighted by Gasteiger charge is -2.04. The molecule has 0 bridgehead atoms. The van der Waals surface area contributed by atoms with Gasteiger partial charge in [-0.25, -0.2) is 4.98 Å². The van der Waals surface area contributed by atoms with E-state index < -0.39 is 0 Å². The van der Waals surface area contributed by atoms with Crippen LogP contribution in [-0.2, 0) is 0 Å². The van der Waals surface area contributed by atoms with Crippen LogP contribution in [0.2, 0.25) is 0 Å². The molecule has 3 heteroatoms. The molecule has 1 aromatic heterocycles. The molecule has 2 nitrogen and oxygen atoms in total. The summed E-state index contributed by atoms with van der Waals surface area (Å²) in [5, 5.41) is 3.01. The minimum absolute atomic E-state index is 0.186. The topological polar surface area (TPSA) is 25.2 Å². The van der Waals surface area contributed by atoms with Crippen LogP contribution in [0.15, 0.2) is 40.7 Å². The van der Waals surface area contributed by atoms with Crippen molar-refractivity contribution in [2.45, 2.75) is 19.9 Å². The number of thiazole rings is 1. The van der Waals surface area contributed by atoms with Gasteiger partial charge in [0.05, 0.1) is 12.3 Å². The zero-order valence-electron chi connectivity index (χ0n) is 9.42. The Kier molecular flexibility index (Phi) is 3.47. The minimum Gasteiger partial charge on any atom is -0.282 e. The molecule has 2 rings (SSSR count). The van der Waals surface area contributed by atoms with Crippen LogP contribution in [0, 0.1) is 6.92 Å². The maximum Gasteiger partial charge on any atom is 0.134 e. The lowest BCUT2D eigenvalue weighted by molar-refractivity contribution is 0.825. The Morgan fingerprint density at radius 2 is 2.06 bits per heavy atom. The molecule has 0 radical (unpaired) electrons. The van der Waals surface area contributed by atoms with Gasteiger partial charge in [-0.15, -0.1) is 11.3 Å². The summed E-state index contributed by atoms with van der Waals surface area (Å²) in [5.74, 6) is 0. The molecule has 82 valence electrons. The zero-order valence-corrected chi connectivity index (χ0v) is 10.2. The highest BCUT2D eigenvalue weighted by Crippen LogP contribution is 2.16. The van der Waals surface area contributed by atoms with Crippen LogP contribution in [0.25, 0.3) is 0 Å². The second-order valence-corrected chi connectivity index (χ2v) is 4.58. The van der Waals surface area contributed by atoms with Gasteiger partial charge in [-0.2, -0.15) is 0 Å². The first-order valence-electron chi connectivity index (χ1n) is 5.26. The van der Waals surface area contributed by atoms with E-state index in [0.29, 0.717) is 0 Å². The fourth-order valence-corrected chi connectivity index (χ4v) is 2.09.